The summed E-state index contributed by atoms with van der Waals surface area (Å²) in [6, 6.07) is 31.1. The van der Waals surface area contributed by atoms with Crippen molar-refractivity contribution in [3.63, 3.8) is 0 Å². The van der Waals surface area contributed by atoms with E-state index in [0.717, 1.165) is 38.9 Å². The van der Waals surface area contributed by atoms with Gasteiger partial charge in [-0.1, -0.05) is 110 Å². The van der Waals surface area contributed by atoms with E-state index in [1.165, 1.54) is 0 Å². The third-order valence-electron chi connectivity index (χ3n) is 10.9. The van der Waals surface area contributed by atoms with Crippen LogP contribution in [0.2, 0.25) is 0 Å². The van der Waals surface area contributed by atoms with Crippen LogP contribution in [0.5, 0.6) is 0 Å². The lowest BCUT2D eigenvalue weighted by atomic mass is 9.89. The van der Waals surface area contributed by atoms with Gasteiger partial charge in [0.05, 0.1) is 24.9 Å². The van der Waals surface area contributed by atoms with Gasteiger partial charge in [0.1, 0.15) is 6.04 Å². The number of halogens is 3. The fourth-order valence-electron chi connectivity index (χ4n) is 7.47. The number of nitrogens with one attached hydrogen (secondary N) is 1. The van der Waals surface area contributed by atoms with Crippen molar-refractivity contribution < 1.29 is 42.4 Å². The fraction of sp³-hybridized carbons (Fsp3) is 0.395. The van der Waals surface area contributed by atoms with Crippen LogP contribution in [0, 0.1) is 5.92 Å². The first-order chi connectivity index (χ1) is 26.3. The lowest BCUT2D eigenvalue weighted by molar-refractivity contribution is -0.276. The van der Waals surface area contributed by atoms with E-state index in [1.54, 1.807) is 0 Å². The molecule has 2 saturated heterocycles. The Hall–Kier alpha value is -4.59. The third kappa shape index (κ3) is 9.28. The summed E-state index contributed by atoms with van der Waals surface area (Å²) in [5.41, 5.74) is 5.82. The number of nitrogens with zero attached hydrogens (tertiary/aromatic N) is 2. The number of aliphatic hydroxyl groups excluding tert-OH is 2. The Balaban J connectivity index is 1.19. The van der Waals surface area contributed by atoms with Gasteiger partial charge in [-0.3, -0.25) is 14.5 Å². The van der Waals surface area contributed by atoms with Crippen LogP contribution in [0.3, 0.4) is 0 Å². The second-order valence-corrected chi connectivity index (χ2v) is 14.5. The van der Waals surface area contributed by atoms with Gasteiger partial charge in [-0.05, 0) is 60.2 Å². The first-order valence-corrected chi connectivity index (χ1v) is 18.6. The molecule has 0 radical (unpaired) electrons. The number of benzene rings is 4. The zero-order valence-corrected chi connectivity index (χ0v) is 31.2. The minimum Gasteiger partial charge on any atom is -0.392 e. The number of hydrogen-bond donors (Lipinski definition) is 3. The number of likely N-dealkylation sites (tertiary alicyclic amines) is 1. The van der Waals surface area contributed by atoms with Crippen molar-refractivity contribution in [1.29, 1.82) is 0 Å². The highest BCUT2D eigenvalue weighted by molar-refractivity contribution is 5.90. The highest BCUT2D eigenvalue weighted by Crippen LogP contribution is 2.42. The van der Waals surface area contributed by atoms with E-state index < -0.39 is 36.4 Å². The first kappa shape index (κ1) is 40.1. The minimum atomic E-state index is -5.04. The molecule has 3 N–H and O–H groups in total. The van der Waals surface area contributed by atoms with Crippen molar-refractivity contribution in [2.45, 2.75) is 82.7 Å². The van der Waals surface area contributed by atoms with Crippen LogP contribution in [0.4, 0.5) is 13.2 Å². The number of likely N-dealkylation sites (N-methyl/N-ethyl adjacent to an activating group) is 1. The maximum absolute atomic E-state index is 13.1. The lowest BCUT2D eigenvalue weighted by Gasteiger charge is -2.43. The number of carbonyl (C=O) groups is 2. The number of carbonyl (C=O) groups excluding carboxylic acids is 2. The van der Waals surface area contributed by atoms with Gasteiger partial charge in [-0.15, -0.1) is 0 Å². The number of alkyl halides is 3. The van der Waals surface area contributed by atoms with E-state index in [9.17, 15) is 33.0 Å². The minimum absolute atomic E-state index is 0.0634. The Morgan fingerprint density at radius 3 is 2.25 bits per heavy atom. The number of ether oxygens (including phenoxy) is 2. The Morgan fingerprint density at radius 2 is 1.58 bits per heavy atom. The van der Waals surface area contributed by atoms with Gasteiger partial charge in [0, 0.05) is 37.2 Å². The maximum Gasteiger partial charge on any atom is 0.471 e. The quantitative estimate of drug-likeness (QED) is 0.145. The van der Waals surface area contributed by atoms with Crippen LogP contribution in [0.25, 0.3) is 11.1 Å². The molecule has 292 valence electrons. The summed E-state index contributed by atoms with van der Waals surface area (Å²) >= 11 is 0. The van der Waals surface area contributed by atoms with Crippen LogP contribution in [-0.4, -0.2) is 76.3 Å². The van der Waals surface area contributed by atoms with Crippen molar-refractivity contribution in [3.8, 4) is 11.1 Å². The van der Waals surface area contributed by atoms with E-state index in [0.29, 0.717) is 17.9 Å². The van der Waals surface area contributed by atoms with Gasteiger partial charge >= 0.3 is 12.1 Å². The number of hydrogen-bond acceptors (Lipinski definition) is 7. The van der Waals surface area contributed by atoms with Crippen molar-refractivity contribution in [2.24, 2.45) is 5.92 Å². The molecule has 12 heteroatoms. The van der Waals surface area contributed by atoms with Crippen LogP contribution in [0.15, 0.2) is 103 Å². The monoisotopic (exact) mass is 759 g/mol. The highest BCUT2D eigenvalue weighted by atomic mass is 19.4. The molecule has 0 aliphatic carbocycles. The van der Waals surface area contributed by atoms with Gasteiger partial charge in [0.15, 0.2) is 6.29 Å². The van der Waals surface area contributed by atoms with Gasteiger partial charge in [0.2, 0.25) is 5.91 Å². The molecule has 7 atom stereocenters. The zero-order valence-electron chi connectivity index (χ0n) is 31.2. The average Bonchev–Trinajstić information content (AvgIpc) is 3.70. The first-order valence-electron chi connectivity index (χ1n) is 18.6. The SMILES string of the molecule is C[C@H]1[C@@H](CN(C)[C@@H](C)[C@H](O)c2ccccc2)O[C@@H](c2ccc(-c3ccccc3CNC(=O)[C@@H]3CCCN3C(=O)C(F)(F)F)cc2)O[C@H]1c1ccc(CO)cc1. The number of rotatable bonds is 12. The van der Waals surface area contributed by atoms with Crippen LogP contribution < -0.4 is 5.32 Å². The molecule has 4 aromatic rings. The van der Waals surface area contributed by atoms with E-state index in [2.05, 4.69) is 17.1 Å². The molecule has 55 heavy (non-hydrogen) atoms. The lowest BCUT2D eigenvalue weighted by Crippen LogP contribution is -2.50. The molecular weight excluding hydrogens is 711 g/mol. The molecular formula is C43H48F3N3O6. The van der Waals surface area contributed by atoms with Crippen molar-refractivity contribution in [1.82, 2.24) is 15.1 Å². The molecule has 2 aliphatic rings. The second-order valence-electron chi connectivity index (χ2n) is 14.5. The maximum atomic E-state index is 13.1. The predicted octanol–water partition coefficient (Wildman–Crippen LogP) is 6.86. The topological polar surface area (TPSA) is 112 Å². The largest absolute Gasteiger partial charge is 0.471 e. The Labute approximate surface area is 319 Å². The number of aliphatic hydroxyl groups is 2. The zero-order chi connectivity index (χ0) is 39.3. The molecule has 9 nitrogen and oxygen atoms in total. The molecule has 2 amide bonds. The summed E-state index contributed by atoms with van der Waals surface area (Å²) in [6.07, 6.45) is -6.57. The summed E-state index contributed by atoms with van der Waals surface area (Å²) in [5, 5.41) is 23.6. The van der Waals surface area contributed by atoms with Crippen LogP contribution in [0.1, 0.15) is 73.0 Å². The van der Waals surface area contributed by atoms with Crippen molar-refractivity contribution >= 4 is 11.8 Å². The molecule has 2 heterocycles. The van der Waals surface area contributed by atoms with Gasteiger partial charge < -0.3 is 29.9 Å². The molecule has 0 aromatic heterocycles. The van der Waals surface area contributed by atoms with E-state index in [-0.39, 0.29) is 50.3 Å². The van der Waals surface area contributed by atoms with E-state index in [1.807, 2.05) is 117 Å². The predicted molar refractivity (Wildman–Crippen MR) is 201 cm³/mol. The third-order valence-corrected chi connectivity index (χ3v) is 10.9. The Morgan fingerprint density at radius 1 is 0.927 bits per heavy atom. The second kappa shape index (κ2) is 17.5. The van der Waals surface area contributed by atoms with Crippen molar-refractivity contribution in [3.05, 3.63) is 131 Å². The van der Waals surface area contributed by atoms with Crippen LogP contribution in [-0.2, 0) is 32.2 Å². The summed E-state index contributed by atoms with van der Waals surface area (Å²) in [7, 11) is 1.98. The molecule has 4 aromatic carbocycles. The molecule has 0 saturated carbocycles. The summed E-state index contributed by atoms with van der Waals surface area (Å²) in [6.45, 7) is 4.50. The summed E-state index contributed by atoms with van der Waals surface area (Å²) in [5.74, 6) is -2.68. The smallest absolute Gasteiger partial charge is 0.392 e. The Kier molecular flexibility index (Phi) is 12.7. The summed E-state index contributed by atoms with van der Waals surface area (Å²) < 4.78 is 52.8. The van der Waals surface area contributed by atoms with Gasteiger partial charge in [0.25, 0.3) is 0 Å². The Bertz CT molecular complexity index is 1890. The highest BCUT2D eigenvalue weighted by Gasteiger charge is 2.47. The number of amides is 2. The fourth-order valence-corrected chi connectivity index (χ4v) is 7.47. The van der Waals surface area contributed by atoms with Gasteiger partial charge in [-0.25, -0.2) is 0 Å². The van der Waals surface area contributed by atoms with Gasteiger partial charge in [-0.2, -0.15) is 13.2 Å². The molecule has 2 fully saturated rings. The normalized spacial score (nSPS) is 22.7. The standard InChI is InChI=1S/C43H48F3N3O6/c1-27-37(25-48(3)28(2)38(51)31-10-5-4-6-11-31)54-41(55-39(27)32-17-15-29(26-50)16-18-32)33-21-19-30(20-22-33)35-13-8-7-12-34(35)24-47-40(52)36-14-9-23-49(36)42(53)43(44,45)46/h4-8,10-13,15-22,27-28,36-39,41,50-51H,9,14,23-26H2,1-3H3,(H,47,52)/t27-,28-,36-,37+,38-,39+,41+/m0/s1. The van der Waals surface area contributed by atoms with E-state index >= 15 is 0 Å². The molecule has 0 unspecified atom stereocenters. The van der Waals surface area contributed by atoms with E-state index in [4.69, 9.17) is 9.47 Å². The van der Waals surface area contributed by atoms with Crippen molar-refractivity contribution in [2.75, 3.05) is 20.1 Å². The van der Waals surface area contributed by atoms with Crippen LogP contribution >= 0.6 is 0 Å². The average molecular weight is 760 g/mol. The molecule has 6 rings (SSSR count). The molecule has 2 aliphatic heterocycles. The summed E-state index contributed by atoms with van der Waals surface area (Å²) in [4.78, 5) is 27.6. The molecule has 0 spiro atoms. The molecule has 0 bridgehead atoms.